The zero-order chi connectivity index (χ0) is 55.2. The van der Waals surface area contributed by atoms with Crippen molar-refractivity contribution in [3.05, 3.63) is 0 Å². The summed E-state index contributed by atoms with van der Waals surface area (Å²) in [4.78, 5) is 146. The fourth-order valence-corrected chi connectivity index (χ4v) is 6.74. The Kier molecular flexibility index (Phi) is 31.7. The molecule has 0 aliphatic carbocycles. The topological polar surface area (TPSA) is 528 Å². The van der Waals surface area contributed by atoms with Crippen LogP contribution in [0.2, 0.25) is 0 Å². The lowest BCUT2D eigenvalue weighted by atomic mass is 9.99. The molecule has 0 aromatic rings. The minimum atomic E-state index is -2.00. The van der Waals surface area contributed by atoms with Crippen LogP contribution in [0.1, 0.15) is 78.6 Å². The molecule has 23 N–H and O–H groups in total. The Labute approximate surface area is 419 Å². The summed E-state index contributed by atoms with van der Waals surface area (Å²) >= 11 is 1.24. The monoisotopic (exact) mass is 1050 g/mol. The van der Waals surface area contributed by atoms with Gasteiger partial charge in [-0.25, -0.2) is 4.79 Å². The molecule has 0 rings (SSSR count). The van der Waals surface area contributed by atoms with Gasteiger partial charge in [0.1, 0.15) is 48.3 Å². The molecule has 11 atom stereocenters. The predicted molar refractivity (Wildman–Crippen MR) is 258 cm³/mol. The summed E-state index contributed by atoms with van der Waals surface area (Å²) in [6.07, 6.45) is -0.996. The van der Waals surface area contributed by atoms with Crippen molar-refractivity contribution in [3.8, 4) is 0 Å². The van der Waals surface area contributed by atoms with Gasteiger partial charge in [-0.3, -0.25) is 52.9 Å². The number of aliphatic carboxylic acids is 2. The normalized spacial score (nSPS) is 15.6. The van der Waals surface area contributed by atoms with E-state index in [0.717, 1.165) is 6.92 Å². The second kappa shape index (κ2) is 34.8. The highest BCUT2D eigenvalue weighted by molar-refractivity contribution is 7.98. The van der Waals surface area contributed by atoms with E-state index in [1.807, 2.05) is 0 Å². The number of nitrogens with zero attached hydrogens (tertiary/aromatic N) is 1. The number of carbonyl (C=O) groups excluding carboxylic acids is 9. The van der Waals surface area contributed by atoms with E-state index in [4.69, 9.17) is 28.7 Å². The van der Waals surface area contributed by atoms with Crippen LogP contribution in [0.15, 0.2) is 4.99 Å². The van der Waals surface area contributed by atoms with Crippen molar-refractivity contribution in [1.82, 2.24) is 42.5 Å². The fraction of sp³-hybridized carbons (Fsp3) is 0.707. The number of aliphatic hydroxyl groups is 3. The summed E-state index contributed by atoms with van der Waals surface area (Å²) in [7, 11) is 0. The predicted octanol–water partition coefficient (Wildman–Crippen LogP) is -8.03. The molecule has 0 aromatic carbocycles. The van der Waals surface area contributed by atoms with E-state index in [9.17, 15) is 78.3 Å². The molecule has 0 aliphatic rings. The van der Waals surface area contributed by atoms with Crippen LogP contribution in [0, 0.1) is 5.92 Å². The van der Waals surface area contributed by atoms with Crippen molar-refractivity contribution in [1.29, 1.82) is 0 Å². The number of aliphatic imine (C=N–C) groups is 1. The maximum atomic E-state index is 13.9. The van der Waals surface area contributed by atoms with Crippen LogP contribution in [0.5, 0.6) is 0 Å². The lowest BCUT2D eigenvalue weighted by Gasteiger charge is -2.27. The van der Waals surface area contributed by atoms with Gasteiger partial charge in [-0.1, -0.05) is 20.3 Å². The summed E-state index contributed by atoms with van der Waals surface area (Å²) < 4.78 is 0. The number of rotatable bonds is 37. The van der Waals surface area contributed by atoms with E-state index < -0.39 is 152 Å². The smallest absolute Gasteiger partial charge is 0.326 e. The third kappa shape index (κ3) is 25.1. The molecular weight excluding hydrogens is 977 g/mol. The quantitative estimate of drug-likeness (QED) is 0.0156. The average Bonchev–Trinajstić information content (AvgIpc) is 3.31. The molecule has 0 unspecified atom stereocenters. The van der Waals surface area contributed by atoms with Crippen molar-refractivity contribution in [2.75, 3.05) is 38.3 Å². The first-order valence-electron chi connectivity index (χ1n) is 22.8. The summed E-state index contributed by atoms with van der Waals surface area (Å²) in [5, 5.41) is 67.6. The van der Waals surface area contributed by atoms with E-state index in [0.29, 0.717) is 19.3 Å². The summed E-state index contributed by atoms with van der Waals surface area (Å²) in [5.74, 6) is -13.6. The van der Waals surface area contributed by atoms with E-state index in [-0.39, 0.29) is 56.4 Å². The molecule has 0 radical (unpaired) electrons. The number of aliphatic hydroxyl groups excluding tert-OH is 3. The molecule has 30 nitrogen and oxygen atoms in total. The van der Waals surface area contributed by atoms with Crippen molar-refractivity contribution in [3.63, 3.8) is 0 Å². The van der Waals surface area contributed by atoms with Gasteiger partial charge >= 0.3 is 11.9 Å². The number of carboxylic acid groups (broad SMARTS) is 2. The van der Waals surface area contributed by atoms with Crippen LogP contribution in [-0.4, -0.2) is 195 Å². The number of amides is 9. The standard InChI is InChI=1S/C41H74N14O16S/c1-5-19(2)30(44)38(68)52-24(15-28(43)59)34(64)51-25(16-29(60)61)35(65)54-26(17-56)36(66)48-21(10-8-13-47-41(45)46)32(62)49-22(11-14-72-4)33(63)53-27(18-57)37(67)55-31(20(3)58)39(69)50-23(40(70)71)9-6-7-12-42/h19-27,30-31,56-58H,5-18,42,44H2,1-4H3,(H2,43,59)(H,48,66)(H,49,62)(H,50,69)(H,51,64)(H,52,68)(H,53,63)(H,54,65)(H,55,67)(H,60,61)(H,70,71)(H4,45,46,47)/t19-,20+,21-,22-,23-,24-,25-,26-,27-,30-,31-/m0/s1. The number of hydrogen-bond donors (Lipinski definition) is 18. The Morgan fingerprint density at radius 2 is 1.00 bits per heavy atom. The summed E-state index contributed by atoms with van der Waals surface area (Å²) in [5.41, 5.74) is 27.5. The third-order valence-electron chi connectivity index (χ3n) is 10.7. The van der Waals surface area contributed by atoms with Crippen LogP contribution in [0.3, 0.4) is 0 Å². The van der Waals surface area contributed by atoms with Crippen molar-refractivity contribution < 1.29 is 78.3 Å². The van der Waals surface area contributed by atoms with Crippen LogP contribution in [-0.2, 0) is 52.7 Å². The van der Waals surface area contributed by atoms with Crippen LogP contribution in [0.25, 0.3) is 0 Å². The molecule has 0 saturated carbocycles. The molecule has 0 fully saturated rings. The summed E-state index contributed by atoms with van der Waals surface area (Å²) in [6, 6.07) is -14.9. The summed E-state index contributed by atoms with van der Waals surface area (Å²) in [6.45, 7) is 2.46. The Morgan fingerprint density at radius 3 is 1.44 bits per heavy atom. The van der Waals surface area contributed by atoms with E-state index in [1.54, 1.807) is 20.1 Å². The van der Waals surface area contributed by atoms with Gasteiger partial charge in [0.25, 0.3) is 0 Å². The minimum absolute atomic E-state index is 0.00221. The number of guanidine groups is 1. The maximum Gasteiger partial charge on any atom is 0.326 e. The molecule has 410 valence electrons. The number of nitrogens with two attached hydrogens (primary N) is 5. The second-order valence-electron chi connectivity index (χ2n) is 16.6. The molecule has 0 spiro atoms. The molecule has 0 bridgehead atoms. The number of carboxylic acids is 2. The second-order valence-corrected chi connectivity index (χ2v) is 17.5. The third-order valence-corrected chi connectivity index (χ3v) is 11.3. The van der Waals surface area contributed by atoms with Crippen LogP contribution < -0.4 is 71.2 Å². The number of carbonyl (C=O) groups is 11. The first-order valence-corrected chi connectivity index (χ1v) is 24.2. The number of primary amides is 1. The van der Waals surface area contributed by atoms with Crippen molar-refractivity contribution in [2.45, 2.75) is 139 Å². The molecule has 0 heterocycles. The number of thioether (sulfide) groups is 1. The highest BCUT2D eigenvalue weighted by atomic mass is 32.2. The van der Waals surface area contributed by atoms with Gasteiger partial charge in [0.15, 0.2) is 5.96 Å². The molecular formula is C41H74N14O16S. The lowest BCUT2D eigenvalue weighted by Crippen LogP contribution is -2.62. The van der Waals surface area contributed by atoms with Gasteiger partial charge in [0, 0.05) is 6.54 Å². The van der Waals surface area contributed by atoms with Gasteiger partial charge in [-0.05, 0) is 69.9 Å². The number of hydrogen-bond acceptors (Lipinski definition) is 18. The van der Waals surface area contributed by atoms with E-state index >= 15 is 0 Å². The van der Waals surface area contributed by atoms with E-state index in [1.165, 1.54) is 11.8 Å². The molecule has 72 heavy (non-hydrogen) atoms. The zero-order valence-corrected chi connectivity index (χ0v) is 41.5. The van der Waals surface area contributed by atoms with Crippen molar-refractivity contribution in [2.24, 2.45) is 39.6 Å². The highest BCUT2D eigenvalue weighted by Gasteiger charge is 2.36. The van der Waals surface area contributed by atoms with Gasteiger partial charge < -0.3 is 96.7 Å². The SMILES string of the molecule is CC[C@H](C)[C@H](N)C(=O)N[C@@H](CC(N)=O)C(=O)N[C@@H](CC(=O)O)C(=O)N[C@@H](CO)C(=O)N[C@@H](CCCN=C(N)N)C(=O)N[C@@H](CCSC)C(=O)N[C@@H](CO)C(=O)N[C@H](C(=O)N[C@@H](CCCCN)C(=O)O)[C@@H](C)O. The van der Waals surface area contributed by atoms with Crippen molar-refractivity contribution >= 4 is 82.8 Å². The lowest BCUT2D eigenvalue weighted by molar-refractivity contribution is -0.143. The largest absolute Gasteiger partial charge is 0.481 e. The molecule has 0 saturated heterocycles. The van der Waals surface area contributed by atoms with Gasteiger partial charge in [-0.15, -0.1) is 0 Å². The first-order chi connectivity index (χ1) is 33.8. The average molecular weight is 1050 g/mol. The first kappa shape index (κ1) is 65.6. The Bertz CT molecular complexity index is 1880. The highest BCUT2D eigenvalue weighted by Crippen LogP contribution is 2.09. The fourth-order valence-electron chi connectivity index (χ4n) is 6.27. The Balaban J connectivity index is 6.49. The van der Waals surface area contributed by atoms with E-state index in [2.05, 4.69) is 47.5 Å². The van der Waals surface area contributed by atoms with Gasteiger partial charge in [-0.2, -0.15) is 11.8 Å². The van der Waals surface area contributed by atoms with Gasteiger partial charge in [0.2, 0.25) is 53.2 Å². The van der Waals surface area contributed by atoms with Gasteiger partial charge in [0.05, 0.1) is 38.2 Å². The van der Waals surface area contributed by atoms with Crippen LogP contribution in [0.4, 0.5) is 0 Å². The number of unbranched alkanes of at least 4 members (excludes halogenated alkanes) is 1. The Hall–Kier alpha value is -6.41. The molecule has 31 heteroatoms. The molecule has 9 amide bonds. The zero-order valence-electron chi connectivity index (χ0n) is 40.7. The minimum Gasteiger partial charge on any atom is -0.481 e. The number of nitrogens with one attached hydrogen (secondary N) is 8. The Morgan fingerprint density at radius 1 is 0.569 bits per heavy atom. The molecule has 0 aliphatic heterocycles. The molecule has 0 aromatic heterocycles. The van der Waals surface area contributed by atoms with Crippen LogP contribution >= 0.6 is 11.8 Å². The maximum absolute atomic E-state index is 13.9.